The fourth-order valence-corrected chi connectivity index (χ4v) is 2.64. The summed E-state index contributed by atoms with van der Waals surface area (Å²) in [6.45, 7) is 0.743. The third-order valence-electron chi connectivity index (χ3n) is 3.36. The van der Waals surface area contributed by atoms with Crippen LogP contribution in [-0.2, 0) is 11.2 Å². The number of benzene rings is 1. The Kier molecular flexibility index (Phi) is 4.05. The molecule has 1 aliphatic heterocycles. The number of carbonyl (C=O) groups excluding carboxylic acids is 1. The molecule has 2 aromatic rings. The van der Waals surface area contributed by atoms with Crippen molar-refractivity contribution in [3.8, 4) is 0 Å². The maximum absolute atomic E-state index is 12.5. The van der Waals surface area contributed by atoms with E-state index in [1.54, 1.807) is 0 Å². The summed E-state index contributed by atoms with van der Waals surface area (Å²) in [5.41, 5.74) is 2.14. The van der Waals surface area contributed by atoms with Crippen LogP contribution in [-0.4, -0.2) is 22.4 Å². The molecule has 0 spiro atoms. The summed E-state index contributed by atoms with van der Waals surface area (Å²) in [7, 11) is 0. The van der Waals surface area contributed by atoms with Crippen molar-refractivity contribution in [2.24, 2.45) is 0 Å². The molecule has 0 saturated heterocycles. The van der Waals surface area contributed by atoms with Crippen molar-refractivity contribution in [1.29, 1.82) is 0 Å². The zero-order chi connectivity index (χ0) is 14.8. The van der Waals surface area contributed by atoms with Gasteiger partial charge in [0, 0.05) is 6.54 Å². The van der Waals surface area contributed by atoms with Crippen LogP contribution in [0.15, 0.2) is 30.6 Å². The van der Waals surface area contributed by atoms with Gasteiger partial charge in [0.25, 0.3) is 0 Å². The van der Waals surface area contributed by atoms with Gasteiger partial charge < -0.3 is 10.6 Å². The minimum Gasteiger partial charge on any atom is -0.308 e. The number of nitrogens with one attached hydrogen (secondary N) is 2. The van der Waals surface area contributed by atoms with Crippen LogP contribution in [0.5, 0.6) is 0 Å². The number of rotatable bonds is 2. The molecule has 1 aliphatic rings. The monoisotopic (exact) mass is 322 g/mol. The largest absolute Gasteiger partial charge is 0.308 e. The van der Waals surface area contributed by atoms with Gasteiger partial charge in [0.05, 0.1) is 0 Å². The highest BCUT2D eigenvalue weighted by atomic mass is 35.5. The molecule has 0 aliphatic carbocycles. The maximum atomic E-state index is 12.5. The van der Waals surface area contributed by atoms with E-state index in [0.29, 0.717) is 0 Å². The Morgan fingerprint density at radius 2 is 2.10 bits per heavy atom. The van der Waals surface area contributed by atoms with Crippen molar-refractivity contribution in [3.63, 3.8) is 0 Å². The fourth-order valence-electron chi connectivity index (χ4n) is 2.36. The van der Waals surface area contributed by atoms with Crippen molar-refractivity contribution in [2.75, 3.05) is 11.9 Å². The van der Waals surface area contributed by atoms with Gasteiger partial charge in [-0.2, -0.15) is 0 Å². The quantitative estimate of drug-likeness (QED) is 0.834. The second-order valence-corrected chi connectivity index (χ2v) is 5.39. The molecule has 7 heteroatoms. The Morgan fingerprint density at radius 1 is 1.29 bits per heavy atom. The van der Waals surface area contributed by atoms with Gasteiger partial charge in [0.1, 0.15) is 17.4 Å². The minimum atomic E-state index is -0.431. The second-order valence-electron chi connectivity index (χ2n) is 4.65. The normalized spacial score (nSPS) is 17.1. The van der Waals surface area contributed by atoms with Gasteiger partial charge in [0.2, 0.25) is 5.91 Å². The Labute approximate surface area is 131 Å². The topological polar surface area (TPSA) is 66.9 Å². The summed E-state index contributed by atoms with van der Waals surface area (Å²) in [4.78, 5) is 20.2. The van der Waals surface area contributed by atoms with Crippen LogP contribution in [0.4, 0.5) is 5.82 Å². The molecule has 1 unspecified atom stereocenters. The van der Waals surface area contributed by atoms with E-state index >= 15 is 0 Å². The highest BCUT2D eigenvalue weighted by molar-refractivity contribution is 6.42. The summed E-state index contributed by atoms with van der Waals surface area (Å²) >= 11 is 11.8. The number of anilines is 1. The van der Waals surface area contributed by atoms with Gasteiger partial charge in [-0.15, -0.1) is 0 Å². The third-order valence-corrected chi connectivity index (χ3v) is 4.10. The predicted octanol–water partition coefficient (Wildman–Crippen LogP) is 2.61. The van der Waals surface area contributed by atoms with Crippen LogP contribution in [0.2, 0.25) is 10.2 Å². The number of carbonyl (C=O) groups is 1. The first-order valence-corrected chi connectivity index (χ1v) is 7.20. The van der Waals surface area contributed by atoms with E-state index in [-0.39, 0.29) is 21.9 Å². The van der Waals surface area contributed by atoms with E-state index in [1.165, 1.54) is 11.9 Å². The molecule has 1 atom stereocenters. The van der Waals surface area contributed by atoms with Gasteiger partial charge in [-0.05, 0) is 17.5 Å². The van der Waals surface area contributed by atoms with Crippen LogP contribution in [0.25, 0.3) is 0 Å². The predicted molar refractivity (Wildman–Crippen MR) is 81.6 cm³/mol. The number of hydrogen-bond acceptors (Lipinski definition) is 4. The molecular weight excluding hydrogens is 311 g/mol. The fraction of sp³-hybridized carbons (Fsp3) is 0.214. The summed E-state index contributed by atoms with van der Waals surface area (Å²) in [5.74, 6) is -0.00895. The van der Waals surface area contributed by atoms with Crippen molar-refractivity contribution in [1.82, 2.24) is 15.3 Å². The summed E-state index contributed by atoms with van der Waals surface area (Å²) in [6.07, 6.45) is 2.16. The van der Waals surface area contributed by atoms with Crippen LogP contribution in [0.1, 0.15) is 17.2 Å². The molecular formula is C14H12Cl2N4O. The number of fused-ring (bicyclic) bond motifs is 1. The summed E-state index contributed by atoms with van der Waals surface area (Å²) < 4.78 is 0. The van der Waals surface area contributed by atoms with Crippen LogP contribution in [0, 0.1) is 0 Å². The molecule has 2 heterocycles. The first-order chi connectivity index (χ1) is 10.2. The molecule has 108 valence electrons. The second kappa shape index (κ2) is 5.97. The molecule has 1 aromatic carbocycles. The third kappa shape index (κ3) is 2.85. The lowest BCUT2D eigenvalue weighted by Gasteiger charge is -2.25. The summed E-state index contributed by atoms with van der Waals surface area (Å²) in [6, 6.07) is 7.44. The van der Waals surface area contributed by atoms with Crippen molar-refractivity contribution in [3.05, 3.63) is 51.9 Å². The first-order valence-electron chi connectivity index (χ1n) is 6.45. The average Bonchev–Trinajstić information content (AvgIpc) is 2.51. The van der Waals surface area contributed by atoms with Crippen molar-refractivity contribution in [2.45, 2.75) is 12.5 Å². The van der Waals surface area contributed by atoms with Gasteiger partial charge in [-0.25, -0.2) is 9.97 Å². The zero-order valence-corrected chi connectivity index (χ0v) is 12.4. The Hall–Kier alpha value is -1.69. The Morgan fingerprint density at radius 3 is 2.95 bits per heavy atom. The van der Waals surface area contributed by atoms with Gasteiger partial charge in [-0.1, -0.05) is 47.5 Å². The van der Waals surface area contributed by atoms with E-state index in [0.717, 1.165) is 18.5 Å². The highest BCUT2D eigenvalue weighted by Gasteiger charge is 2.26. The molecule has 0 radical (unpaired) electrons. The SMILES string of the molecule is O=C(Nc1ncnc(Cl)c1Cl)C1NCCc2ccccc21. The highest BCUT2D eigenvalue weighted by Crippen LogP contribution is 2.28. The van der Waals surface area contributed by atoms with Gasteiger partial charge in [-0.3, -0.25) is 4.79 Å². The molecule has 0 fully saturated rings. The zero-order valence-electron chi connectivity index (χ0n) is 10.9. The molecule has 5 nitrogen and oxygen atoms in total. The average molecular weight is 323 g/mol. The minimum absolute atomic E-state index is 0.110. The first kappa shape index (κ1) is 14.3. The summed E-state index contributed by atoms with van der Waals surface area (Å²) in [5, 5.41) is 6.14. The lowest BCUT2D eigenvalue weighted by atomic mass is 9.94. The van der Waals surface area contributed by atoms with E-state index in [2.05, 4.69) is 20.6 Å². The lowest BCUT2D eigenvalue weighted by molar-refractivity contribution is -0.118. The van der Waals surface area contributed by atoms with Crippen LogP contribution in [0.3, 0.4) is 0 Å². The van der Waals surface area contributed by atoms with E-state index in [1.807, 2.05) is 24.3 Å². The van der Waals surface area contributed by atoms with Crippen LogP contribution < -0.4 is 10.6 Å². The molecule has 1 amide bonds. The van der Waals surface area contributed by atoms with Gasteiger partial charge in [0.15, 0.2) is 11.0 Å². The molecule has 0 saturated carbocycles. The lowest BCUT2D eigenvalue weighted by Crippen LogP contribution is -2.38. The van der Waals surface area contributed by atoms with E-state index in [9.17, 15) is 4.79 Å². The molecule has 3 rings (SSSR count). The molecule has 0 bridgehead atoms. The Balaban J connectivity index is 1.85. The van der Waals surface area contributed by atoms with Crippen LogP contribution >= 0.6 is 23.2 Å². The number of halogens is 2. The number of amides is 1. The van der Waals surface area contributed by atoms with Crippen molar-refractivity contribution >= 4 is 34.9 Å². The van der Waals surface area contributed by atoms with Crippen molar-refractivity contribution < 1.29 is 4.79 Å². The number of aromatic nitrogens is 2. The Bertz CT molecular complexity index is 692. The molecule has 1 aromatic heterocycles. The molecule has 2 N–H and O–H groups in total. The smallest absolute Gasteiger partial charge is 0.247 e. The maximum Gasteiger partial charge on any atom is 0.247 e. The number of hydrogen-bond donors (Lipinski definition) is 2. The van der Waals surface area contributed by atoms with E-state index in [4.69, 9.17) is 23.2 Å². The standard InChI is InChI=1S/C14H12Cl2N4O/c15-10-12(16)18-7-19-13(10)20-14(21)11-9-4-2-1-3-8(9)5-6-17-11/h1-4,7,11,17H,5-6H2,(H,18,19,20,21). The van der Waals surface area contributed by atoms with E-state index < -0.39 is 6.04 Å². The number of nitrogens with zero attached hydrogens (tertiary/aromatic N) is 2. The molecule has 21 heavy (non-hydrogen) atoms. The van der Waals surface area contributed by atoms with Gasteiger partial charge >= 0.3 is 0 Å².